The van der Waals surface area contributed by atoms with Crippen molar-refractivity contribution in [2.24, 2.45) is 5.92 Å². The summed E-state index contributed by atoms with van der Waals surface area (Å²) in [5, 5.41) is 10.4. The van der Waals surface area contributed by atoms with Crippen molar-refractivity contribution in [1.29, 1.82) is 5.26 Å². The van der Waals surface area contributed by atoms with E-state index in [1.807, 2.05) is 11.8 Å². The van der Waals surface area contributed by atoms with Gasteiger partial charge in [-0.3, -0.25) is 9.52 Å². The molecule has 0 radical (unpaired) electrons. The predicted molar refractivity (Wildman–Crippen MR) is 134 cm³/mol. The number of nitriles is 1. The maximum Gasteiger partial charge on any atom is 0.239 e. The number of benzene rings is 1. The Morgan fingerprint density at radius 3 is 2.56 bits per heavy atom. The van der Waals surface area contributed by atoms with Crippen LogP contribution in [-0.4, -0.2) is 44.1 Å². The molecule has 180 valence electrons. The lowest BCUT2D eigenvalue weighted by Crippen LogP contribution is -2.43. The number of piperidine rings is 1. The summed E-state index contributed by atoms with van der Waals surface area (Å²) in [7, 11) is -3.83. The molecular formula is C23H25ClN4O4S2. The Balaban J connectivity index is 1.64. The normalized spacial score (nSPS) is 14.4. The molecule has 1 N–H and O–H groups in total. The molecule has 34 heavy (non-hydrogen) atoms. The van der Waals surface area contributed by atoms with Crippen molar-refractivity contribution in [2.75, 3.05) is 24.6 Å². The molecule has 1 aliphatic heterocycles. The van der Waals surface area contributed by atoms with Crippen LogP contribution >= 0.6 is 23.8 Å². The van der Waals surface area contributed by atoms with Gasteiger partial charge in [0.1, 0.15) is 11.9 Å². The second kappa shape index (κ2) is 11.1. The lowest BCUT2D eigenvalue weighted by molar-refractivity contribution is -0.123. The van der Waals surface area contributed by atoms with Crippen LogP contribution in [0.15, 0.2) is 30.3 Å². The molecule has 1 saturated heterocycles. The fraction of sp³-hybridized carbons (Fsp3) is 0.391. The zero-order chi connectivity index (χ0) is 24.9. The van der Waals surface area contributed by atoms with Crippen molar-refractivity contribution in [3.8, 4) is 6.07 Å². The van der Waals surface area contributed by atoms with Gasteiger partial charge in [0.2, 0.25) is 15.9 Å². The first-order valence-corrected chi connectivity index (χ1v) is 13.2. The molecule has 1 aromatic heterocycles. The Morgan fingerprint density at radius 1 is 1.32 bits per heavy atom. The molecule has 1 aromatic carbocycles. The van der Waals surface area contributed by atoms with E-state index in [-0.39, 0.29) is 5.75 Å². The van der Waals surface area contributed by atoms with Crippen molar-refractivity contribution in [2.45, 2.75) is 32.4 Å². The molecule has 1 fully saturated rings. The number of halogens is 1. The van der Waals surface area contributed by atoms with Gasteiger partial charge < -0.3 is 9.64 Å². The largest absolute Gasteiger partial charge is 0.483 e. The lowest BCUT2D eigenvalue weighted by atomic mass is 9.96. The number of ether oxygens (including phenoxy) is 1. The smallest absolute Gasteiger partial charge is 0.239 e. The van der Waals surface area contributed by atoms with Crippen molar-refractivity contribution >= 4 is 50.6 Å². The van der Waals surface area contributed by atoms with Crippen molar-refractivity contribution in [1.82, 2.24) is 9.71 Å². The number of hydrogen-bond acceptors (Lipinski definition) is 8. The zero-order valence-electron chi connectivity index (χ0n) is 18.9. The van der Waals surface area contributed by atoms with Crippen LogP contribution in [0, 0.1) is 24.2 Å². The summed E-state index contributed by atoms with van der Waals surface area (Å²) in [6.45, 7) is 4.99. The molecule has 3 rings (SSSR count). The third-order valence-corrected chi connectivity index (χ3v) is 7.32. The Labute approximate surface area is 209 Å². The average molecular weight is 521 g/mol. The van der Waals surface area contributed by atoms with Crippen LogP contribution in [0.4, 0.5) is 5.82 Å². The minimum absolute atomic E-state index is 0.297. The summed E-state index contributed by atoms with van der Waals surface area (Å²) < 4.78 is 32.5. The number of nitrogens with zero attached hydrogens (tertiary/aromatic N) is 3. The molecule has 11 heteroatoms. The maximum atomic E-state index is 12.6. The van der Waals surface area contributed by atoms with E-state index in [9.17, 15) is 18.5 Å². The number of amides is 1. The van der Waals surface area contributed by atoms with E-state index in [0.29, 0.717) is 70.8 Å². The molecule has 2 aromatic rings. The molecule has 0 bridgehead atoms. The van der Waals surface area contributed by atoms with Crippen LogP contribution in [0.25, 0.3) is 0 Å². The highest BCUT2D eigenvalue weighted by atomic mass is 35.5. The lowest BCUT2D eigenvalue weighted by Gasteiger charge is -2.32. The summed E-state index contributed by atoms with van der Waals surface area (Å²) in [5.74, 6) is -0.750. The highest BCUT2D eigenvalue weighted by molar-refractivity contribution is 7.89. The number of pyridine rings is 1. The summed E-state index contributed by atoms with van der Waals surface area (Å²) >= 11 is 11.1. The summed E-state index contributed by atoms with van der Waals surface area (Å²) in [5.41, 5.74) is 2.17. The van der Waals surface area contributed by atoms with Crippen LogP contribution in [-0.2, 0) is 25.3 Å². The quantitative estimate of drug-likeness (QED) is 0.552. The Morgan fingerprint density at radius 2 is 1.97 bits per heavy atom. The van der Waals surface area contributed by atoms with Crippen molar-refractivity contribution in [3.05, 3.63) is 57.7 Å². The van der Waals surface area contributed by atoms with Gasteiger partial charge in [-0.15, -0.1) is 0 Å². The van der Waals surface area contributed by atoms with Crippen molar-refractivity contribution < 1.29 is 17.9 Å². The molecule has 0 atom stereocenters. The van der Waals surface area contributed by atoms with Gasteiger partial charge in [0.25, 0.3) is 0 Å². The first kappa shape index (κ1) is 25.9. The second-order valence-electron chi connectivity index (χ2n) is 7.94. The fourth-order valence-corrected chi connectivity index (χ4v) is 5.38. The van der Waals surface area contributed by atoms with E-state index < -0.39 is 21.8 Å². The standard InChI is InChI=1S/C23H25ClN4O4S2/c1-3-32-23(33)20-12-18(13-25)21(26-15(20)2)28-10-8-17(9-11-28)22(29)27-34(30,31)14-16-4-6-19(24)7-5-16/h4-7,12,17H,3,8-11,14H2,1-2H3,(H,27,29). The molecule has 0 unspecified atom stereocenters. The van der Waals surface area contributed by atoms with Crippen LogP contribution in [0.5, 0.6) is 0 Å². The van der Waals surface area contributed by atoms with Crippen LogP contribution in [0.1, 0.15) is 42.1 Å². The third kappa shape index (κ3) is 6.44. The number of hydrogen-bond donors (Lipinski definition) is 1. The number of nitrogens with one attached hydrogen (secondary N) is 1. The molecule has 1 aliphatic rings. The minimum Gasteiger partial charge on any atom is -0.483 e. The average Bonchev–Trinajstić information content (AvgIpc) is 2.80. The van der Waals surface area contributed by atoms with E-state index in [1.54, 1.807) is 37.3 Å². The van der Waals surface area contributed by atoms with Crippen LogP contribution in [0.2, 0.25) is 5.02 Å². The molecule has 1 amide bonds. The van der Waals surface area contributed by atoms with E-state index in [4.69, 9.17) is 28.6 Å². The fourth-order valence-electron chi connectivity index (χ4n) is 3.76. The molecule has 8 nitrogen and oxygen atoms in total. The van der Waals surface area contributed by atoms with Gasteiger partial charge in [0.05, 0.1) is 29.2 Å². The highest BCUT2D eigenvalue weighted by Gasteiger charge is 2.29. The number of thiocarbonyl (C=S) groups is 1. The van der Waals surface area contributed by atoms with E-state index in [0.717, 1.165) is 0 Å². The molecule has 0 saturated carbocycles. The molecule has 0 aliphatic carbocycles. The predicted octanol–water partition coefficient (Wildman–Crippen LogP) is 3.49. The molecule has 0 spiro atoms. The number of sulfonamides is 1. The third-order valence-electron chi connectivity index (χ3n) is 5.50. The summed E-state index contributed by atoms with van der Waals surface area (Å²) in [6, 6.07) is 10.3. The highest BCUT2D eigenvalue weighted by Crippen LogP contribution is 2.27. The Kier molecular flexibility index (Phi) is 8.47. The van der Waals surface area contributed by atoms with Gasteiger partial charge in [-0.05, 0) is 62.7 Å². The van der Waals surface area contributed by atoms with Crippen LogP contribution < -0.4 is 9.62 Å². The van der Waals surface area contributed by atoms with Crippen molar-refractivity contribution in [3.63, 3.8) is 0 Å². The SMILES string of the molecule is CCOC(=S)c1cc(C#N)c(N2CCC(C(=O)NS(=O)(=O)Cc3ccc(Cl)cc3)CC2)nc1C. The van der Waals surface area contributed by atoms with E-state index >= 15 is 0 Å². The Bertz CT molecular complexity index is 1220. The number of aryl methyl sites for hydroxylation is 1. The summed E-state index contributed by atoms with van der Waals surface area (Å²) in [6.07, 6.45) is 0.875. The number of rotatable bonds is 7. The van der Waals surface area contributed by atoms with Crippen LogP contribution in [0.3, 0.4) is 0 Å². The topological polar surface area (TPSA) is 112 Å². The monoisotopic (exact) mass is 520 g/mol. The molecule has 2 heterocycles. The summed E-state index contributed by atoms with van der Waals surface area (Å²) in [4.78, 5) is 19.2. The maximum absolute atomic E-state index is 12.6. The Hall–Kier alpha value is -2.74. The minimum atomic E-state index is -3.83. The van der Waals surface area contributed by atoms with Gasteiger partial charge in [0.15, 0.2) is 5.05 Å². The van der Waals surface area contributed by atoms with Gasteiger partial charge in [0, 0.05) is 24.0 Å². The van der Waals surface area contributed by atoms with Gasteiger partial charge >= 0.3 is 0 Å². The first-order chi connectivity index (χ1) is 16.1. The number of carbonyl (C=O) groups is 1. The number of anilines is 1. The molecular weight excluding hydrogens is 496 g/mol. The van der Waals surface area contributed by atoms with Gasteiger partial charge in [-0.25, -0.2) is 13.4 Å². The second-order valence-corrected chi connectivity index (χ2v) is 10.5. The van der Waals surface area contributed by atoms with E-state index in [2.05, 4.69) is 15.8 Å². The van der Waals surface area contributed by atoms with Gasteiger partial charge in [-0.2, -0.15) is 5.26 Å². The van der Waals surface area contributed by atoms with E-state index in [1.165, 1.54) is 0 Å². The number of aromatic nitrogens is 1. The number of carbonyl (C=O) groups excluding carboxylic acids is 1. The zero-order valence-corrected chi connectivity index (χ0v) is 21.3. The van der Waals surface area contributed by atoms with Gasteiger partial charge in [-0.1, -0.05) is 23.7 Å². The first-order valence-electron chi connectivity index (χ1n) is 10.8.